The number of hydrogen-bond acceptors (Lipinski definition) is 1. The maximum atomic E-state index is 11.7. The van der Waals surface area contributed by atoms with Crippen LogP contribution in [0.15, 0.2) is 24.3 Å². The molecule has 0 heterocycles. The topological polar surface area (TPSA) is 41.1 Å². The normalized spacial score (nSPS) is 15.9. The van der Waals surface area contributed by atoms with Crippen molar-refractivity contribution in [3.63, 3.8) is 0 Å². The molecule has 0 aromatic heterocycles. The van der Waals surface area contributed by atoms with Crippen molar-refractivity contribution in [3.8, 4) is 0 Å². The van der Waals surface area contributed by atoms with Crippen molar-refractivity contribution in [3.05, 3.63) is 29.8 Å². The summed E-state index contributed by atoms with van der Waals surface area (Å²) in [5.41, 5.74) is 2.26. The molecule has 1 fully saturated rings. The van der Waals surface area contributed by atoms with Gasteiger partial charge in [0.25, 0.3) is 0 Å². The highest BCUT2D eigenvalue weighted by atomic mass is 16.2. The third-order valence-electron chi connectivity index (χ3n) is 3.45. The van der Waals surface area contributed by atoms with Crippen LogP contribution in [0.4, 0.5) is 10.5 Å². The highest BCUT2D eigenvalue weighted by Gasteiger charge is 2.19. The van der Waals surface area contributed by atoms with Crippen LogP contribution in [0.3, 0.4) is 0 Å². The smallest absolute Gasteiger partial charge is 0.319 e. The van der Waals surface area contributed by atoms with Crippen LogP contribution in [-0.4, -0.2) is 12.1 Å². The van der Waals surface area contributed by atoms with Crippen molar-refractivity contribution < 1.29 is 4.79 Å². The summed E-state index contributed by atoms with van der Waals surface area (Å²) in [5.74, 6) is 0. The van der Waals surface area contributed by atoms with Gasteiger partial charge in [0.1, 0.15) is 0 Å². The zero-order valence-electron chi connectivity index (χ0n) is 11.4. The first-order chi connectivity index (χ1) is 8.45. The van der Waals surface area contributed by atoms with Gasteiger partial charge in [-0.3, -0.25) is 0 Å². The molecule has 0 spiro atoms. The average Bonchev–Trinajstić information content (AvgIpc) is 2.23. The van der Waals surface area contributed by atoms with E-state index in [0.29, 0.717) is 6.04 Å². The molecule has 0 radical (unpaired) electrons. The second-order valence-corrected chi connectivity index (χ2v) is 6.05. The van der Waals surface area contributed by atoms with Gasteiger partial charge in [0, 0.05) is 11.7 Å². The average molecular weight is 246 g/mol. The fourth-order valence-electron chi connectivity index (χ4n) is 1.96. The molecule has 1 saturated carbocycles. The lowest BCUT2D eigenvalue weighted by molar-refractivity contribution is 0.240. The van der Waals surface area contributed by atoms with E-state index in [0.717, 1.165) is 18.5 Å². The quantitative estimate of drug-likeness (QED) is 0.821. The van der Waals surface area contributed by atoms with Gasteiger partial charge in [0.15, 0.2) is 0 Å². The van der Waals surface area contributed by atoms with Gasteiger partial charge in [-0.15, -0.1) is 0 Å². The zero-order chi connectivity index (χ0) is 13.2. The molecular weight excluding hydrogens is 224 g/mol. The number of rotatable bonds is 2. The number of nitrogens with one attached hydrogen (secondary N) is 2. The first kappa shape index (κ1) is 12.9. The Morgan fingerprint density at radius 1 is 1.17 bits per heavy atom. The van der Waals surface area contributed by atoms with Crippen LogP contribution in [0.25, 0.3) is 0 Å². The third kappa shape index (κ3) is 3.25. The molecular formula is C15H22N2O. The fraction of sp³-hybridized carbons (Fsp3) is 0.533. The summed E-state index contributed by atoms with van der Waals surface area (Å²) in [7, 11) is 0. The van der Waals surface area contributed by atoms with Gasteiger partial charge in [-0.25, -0.2) is 4.79 Å². The van der Waals surface area contributed by atoms with Crippen LogP contribution in [0.5, 0.6) is 0 Å². The molecule has 2 N–H and O–H groups in total. The highest BCUT2D eigenvalue weighted by molar-refractivity contribution is 5.89. The Morgan fingerprint density at radius 2 is 1.78 bits per heavy atom. The number of benzene rings is 1. The number of anilines is 1. The third-order valence-corrected chi connectivity index (χ3v) is 3.45. The maximum Gasteiger partial charge on any atom is 0.319 e. The molecule has 0 aliphatic heterocycles. The minimum atomic E-state index is -0.0943. The first-order valence-corrected chi connectivity index (χ1v) is 6.63. The second kappa shape index (κ2) is 5.01. The van der Waals surface area contributed by atoms with E-state index in [-0.39, 0.29) is 11.4 Å². The van der Waals surface area contributed by atoms with E-state index >= 15 is 0 Å². The van der Waals surface area contributed by atoms with Gasteiger partial charge >= 0.3 is 6.03 Å². The lowest BCUT2D eigenvalue weighted by Gasteiger charge is -2.26. The predicted molar refractivity (Wildman–Crippen MR) is 74.9 cm³/mol. The van der Waals surface area contributed by atoms with Crippen LogP contribution in [0.1, 0.15) is 45.6 Å². The van der Waals surface area contributed by atoms with Crippen molar-refractivity contribution in [2.75, 3.05) is 5.32 Å². The van der Waals surface area contributed by atoms with Crippen LogP contribution in [0, 0.1) is 0 Å². The summed E-state index contributed by atoms with van der Waals surface area (Å²) in [6.45, 7) is 6.54. The van der Waals surface area contributed by atoms with Gasteiger partial charge in [0.05, 0.1) is 0 Å². The monoisotopic (exact) mass is 246 g/mol. The van der Waals surface area contributed by atoms with Gasteiger partial charge in [-0.05, 0) is 42.4 Å². The molecule has 18 heavy (non-hydrogen) atoms. The molecule has 3 heteroatoms. The van der Waals surface area contributed by atoms with E-state index in [1.54, 1.807) is 0 Å². The van der Waals surface area contributed by atoms with E-state index in [4.69, 9.17) is 0 Å². The molecule has 3 nitrogen and oxygen atoms in total. The summed E-state index contributed by atoms with van der Waals surface area (Å²) >= 11 is 0. The lowest BCUT2D eigenvalue weighted by Crippen LogP contribution is -2.41. The Balaban J connectivity index is 1.91. The molecule has 98 valence electrons. The molecule has 0 saturated heterocycles. The molecule has 0 unspecified atom stereocenters. The largest absolute Gasteiger partial charge is 0.335 e. The number of hydrogen-bond donors (Lipinski definition) is 2. The maximum absolute atomic E-state index is 11.7. The van der Waals surface area contributed by atoms with Gasteiger partial charge in [-0.2, -0.15) is 0 Å². The van der Waals surface area contributed by atoms with Crippen molar-refractivity contribution in [2.45, 2.75) is 51.5 Å². The van der Waals surface area contributed by atoms with Gasteiger partial charge < -0.3 is 10.6 Å². The van der Waals surface area contributed by atoms with Crippen LogP contribution in [-0.2, 0) is 5.41 Å². The fourth-order valence-corrected chi connectivity index (χ4v) is 1.96. The molecule has 1 aliphatic carbocycles. The van der Waals surface area contributed by atoms with Crippen molar-refractivity contribution in [2.24, 2.45) is 0 Å². The molecule has 2 rings (SSSR count). The molecule has 0 atom stereocenters. The molecule has 1 aromatic rings. The SMILES string of the molecule is CC(C)(C)c1ccc(NC(=O)NC2CCC2)cc1. The van der Waals surface area contributed by atoms with Crippen molar-refractivity contribution in [1.82, 2.24) is 5.32 Å². The Kier molecular flexibility index (Phi) is 3.60. The van der Waals surface area contributed by atoms with Crippen molar-refractivity contribution in [1.29, 1.82) is 0 Å². The second-order valence-electron chi connectivity index (χ2n) is 6.05. The van der Waals surface area contributed by atoms with Crippen LogP contribution >= 0.6 is 0 Å². The molecule has 2 amide bonds. The Bertz CT molecular complexity index is 413. The summed E-state index contributed by atoms with van der Waals surface area (Å²) in [6, 6.07) is 8.34. The lowest BCUT2D eigenvalue weighted by atomic mass is 9.87. The van der Waals surface area contributed by atoms with E-state index in [9.17, 15) is 4.79 Å². The zero-order valence-corrected chi connectivity index (χ0v) is 11.4. The summed E-state index contributed by atoms with van der Waals surface area (Å²) in [4.78, 5) is 11.7. The summed E-state index contributed by atoms with van der Waals surface area (Å²) < 4.78 is 0. The predicted octanol–water partition coefficient (Wildman–Crippen LogP) is 3.66. The minimum absolute atomic E-state index is 0.0943. The standard InChI is InChI=1S/C15H22N2O/c1-15(2,3)11-7-9-13(10-8-11)17-14(18)16-12-5-4-6-12/h7-10,12H,4-6H2,1-3H3,(H2,16,17,18). The van der Waals surface area contributed by atoms with E-state index < -0.39 is 0 Å². The van der Waals surface area contributed by atoms with Crippen LogP contribution in [0.2, 0.25) is 0 Å². The van der Waals surface area contributed by atoms with Crippen molar-refractivity contribution >= 4 is 11.7 Å². The number of urea groups is 1. The Labute approximate surface area is 109 Å². The molecule has 0 bridgehead atoms. The summed E-state index contributed by atoms with van der Waals surface area (Å²) in [5, 5.41) is 5.83. The van der Waals surface area contributed by atoms with E-state index in [1.165, 1.54) is 12.0 Å². The first-order valence-electron chi connectivity index (χ1n) is 6.63. The number of carbonyl (C=O) groups excluding carboxylic acids is 1. The minimum Gasteiger partial charge on any atom is -0.335 e. The number of carbonyl (C=O) groups is 1. The van der Waals surface area contributed by atoms with E-state index in [2.05, 4.69) is 43.5 Å². The Hall–Kier alpha value is -1.51. The molecule has 1 aromatic carbocycles. The molecule has 1 aliphatic rings. The Morgan fingerprint density at radius 3 is 2.22 bits per heavy atom. The summed E-state index contributed by atoms with van der Waals surface area (Å²) in [6.07, 6.45) is 3.44. The number of amides is 2. The van der Waals surface area contributed by atoms with E-state index in [1.807, 2.05) is 12.1 Å². The van der Waals surface area contributed by atoms with Gasteiger partial charge in [-0.1, -0.05) is 32.9 Å². The van der Waals surface area contributed by atoms with Gasteiger partial charge in [0.2, 0.25) is 0 Å². The van der Waals surface area contributed by atoms with Crippen LogP contribution < -0.4 is 10.6 Å². The highest BCUT2D eigenvalue weighted by Crippen LogP contribution is 2.23.